The van der Waals surface area contributed by atoms with Crippen molar-refractivity contribution in [2.75, 3.05) is 13.1 Å². The van der Waals surface area contributed by atoms with Gasteiger partial charge in [-0.3, -0.25) is 9.69 Å². The predicted molar refractivity (Wildman–Crippen MR) is 103 cm³/mol. The van der Waals surface area contributed by atoms with Crippen molar-refractivity contribution in [1.82, 2.24) is 10.2 Å². The summed E-state index contributed by atoms with van der Waals surface area (Å²) >= 11 is 0. The number of aryl methyl sites for hydroxylation is 1. The molecule has 3 heteroatoms. The lowest BCUT2D eigenvalue weighted by Gasteiger charge is -2.32. The van der Waals surface area contributed by atoms with E-state index in [-0.39, 0.29) is 5.92 Å². The van der Waals surface area contributed by atoms with Gasteiger partial charge in [0.15, 0.2) is 0 Å². The van der Waals surface area contributed by atoms with Gasteiger partial charge in [0.2, 0.25) is 5.91 Å². The Kier molecular flexibility index (Phi) is 6.92. The molecule has 138 valence electrons. The van der Waals surface area contributed by atoms with Gasteiger partial charge in [-0.15, -0.1) is 0 Å². The highest BCUT2D eigenvalue weighted by atomic mass is 16.1. The van der Waals surface area contributed by atoms with Crippen molar-refractivity contribution in [2.24, 2.45) is 5.92 Å². The van der Waals surface area contributed by atoms with Crippen LogP contribution in [0.25, 0.3) is 0 Å². The molecule has 3 nitrogen and oxygen atoms in total. The first-order chi connectivity index (χ1) is 12.2. The Hall–Kier alpha value is -1.35. The van der Waals surface area contributed by atoms with E-state index in [4.69, 9.17) is 0 Å². The molecule has 1 aliphatic carbocycles. The van der Waals surface area contributed by atoms with E-state index in [9.17, 15) is 4.79 Å². The van der Waals surface area contributed by atoms with Crippen LogP contribution in [0, 0.1) is 5.92 Å². The second kappa shape index (κ2) is 9.38. The lowest BCUT2D eigenvalue weighted by Crippen LogP contribution is -2.43. The van der Waals surface area contributed by atoms with Crippen LogP contribution >= 0.6 is 0 Å². The zero-order chi connectivity index (χ0) is 17.5. The van der Waals surface area contributed by atoms with Gasteiger partial charge >= 0.3 is 0 Å². The normalized spacial score (nSPS) is 21.0. The zero-order valence-corrected chi connectivity index (χ0v) is 15.8. The van der Waals surface area contributed by atoms with Crippen molar-refractivity contribution in [1.29, 1.82) is 0 Å². The molecule has 2 aliphatic rings. The minimum atomic E-state index is 0.224. The van der Waals surface area contributed by atoms with Crippen molar-refractivity contribution in [3.8, 4) is 0 Å². The molecule has 0 aromatic heterocycles. The molecule has 1 aliphatic heterocycles. The van der Waals surface area contributed by atoms with Crippen molar-refractivity contribution in [3.63, 3.8) is 0 Å². The maximum absolute atomic E-state index is 12.6. The van der Waals surface area contributed by atoms with Gasteiger partial charge in [0.05, 0.1) is 0 Å². The molecule has 25 heavy (non-hydrogen) atoms. The fraction of sp³-hybridized carbons (Fsp3) is 0.682. The summed E-state index contributed by atoms with van der Waals surface area (Å²) in [4.78, 5) is 15.1. The van der Waals surface area contributed by atoms with E-state index in [2.05, 4.69) is 41.4 Å². The summed E-state index contributed by atoms with van der Waals surface area (Å²) in [7, 11) is 0. The average molecular weight is 343 g/mol. The standard InChI is InChI=1S/C22H34N2O/c1-2-18-9-11-19(12-10-18)17-24-15-13-20(14-16-24)22(25)23-21-7-5-3-4-6-8-21/h9-12,20-21H,2-8,13-17H2,1H3,(H,23,25). The van der Waals surface area contributed by atoms with E-state index < -0.39 is 0 Å². The van der Waals surface area contributed by atoms with Gasteiger partial charge < -0.3 is 5.32 Å². The third kappa shape index (κ3) is 5.57. The molecule has 2 fully saturated rings. The van der Waals surface area contributed by atoms with Crippen LogP contribution in [-0.4, -0.2) is 29.9 Å². The molecule has 0 spiro atoms. The third-order valence-electron chi connectivity index (χ3n) is 6.00. The largest absolute Gasteiger partial charge is 0.353 e. The van der Waals surface area contributed by atoms with Gasteiger partial charge in [0.1, 0.15) is 0 Å². The van der Waals surface area contributed by atoms with Crippen LogP contribution in [-0.2, 0) is 17.8 Å². The molecule has 0 bridgehead atoms. The number of likely N-dealkylation sites (tertiary alicyclic amines) is 1. The lowest BCUT2D eigenvalue weighted by atomic mass is 9.94. The molecule has 1 heterocycles. The topological polar surface area (TPSA) is 32.3 Å². The Morgan fingerprint density at radius 1 is 0.960 bits per heavy atom. The molecule has 0 unspecified atom stereocenters. The first-order valence-electron chi connectivity index (χ1n) is 10.3. The highest BCUT2D eigenvalue weighted by Crippen LogP contribution is 2.22. The Morgan fingerprint density at radius 2 is 1.56 bits per heavy atom. The first kappa shape index (κ1) is 18.4. The highest BCUT2D eigenvalue weighted by Gasteiger charge is 2.26. The summed E-state index contributed by atoms with van der Waals surface area (Å²) < 4.78 is 0. The van der Waals surface area contributed by atoms with Gasteiger partial charge in [-0.05, 0) is 56.3 Å². The second-order valence-electron chi connectivity index (χ2n) is 7.92. The van der Waals surface area contributed by atoms with E-state index >= 15 is 0 Å². The van der Waals surface area contributed by atoms with Gasteiger partial charge in [-0.1, -0.05) is 56.9 Å². The Morgan fingerprint density at radius 3 is 2.16 bits per heavy atom. The van der Waals surface area contributed by atoms with Gasteiger partial charge in [-0.2, -0.15) is 0 Å². The van der Waals surface area contributed by atoms with Crippen LogP contribution in [0.15, 0.2) is 24.3 Å². The summed E-state index contributed by atoms with van der Waals surface area (Å²) in [6.45, 7) is 5.29. The molecule has 1 N–H and O–H groups in total. The van der Waals surface area contributed by atoms with E-state index in [1.807, 2.05) is 0 Å². The second-order valence-corrected chi connectivity index (χ2v) is 7.92. The predicted octanol–water partition coefficient (Wildman–Crippen LogP) is 4.30. The van der Waals surface area contributed by atoms with E-state index in [0.717, 1.165) is 38.9 Å². The first-order valence-corrected chi connectivity index (χ1v) is 10.3. The number of amides is 1. The van der Waals surface area contributed by atoms with E-state index in [1.165, 1.54) is 49.7 Å². The quantitative estimate of drug-likeness (QED) is 0.809. The molecule has 3 rings (SSSR count). The monoisotopic (exact) mass is 342 g/mol. The number of carbonyl (C=O) groups is 1. The third-order valence-corrected chi connectivity index (χ3v) is 6.00. The highest BCUT2D eigenvalue weighted by molar-refractivity contribution is 5.79. The fourth-order valence-electron chi connectivity index (χ4n) is 4.23. The van der Waals surface area contributed by atoms with Crippen molar-refractivity contribution in [2.45, 2.75) is 77.3 Å². The minimum Gasteiger partial charge on any atom is -0.353 e. The minimum absolute atomic E-state index is 0.224. The zero-order valence-electron chi connectivity index (χ0n) is 15.8. The van der Waals surface area contributed by atoms with Crippen molar-refractivity contribution >= 4 is 5.91 Å². The van der Waals surface area contributed by atoms with Crippen LogP contribution in [0.4, 0.5) is 0 Å². The Bertz CT molecular complexity index is 523. The summed E-state index contributed by atoms with van der Waals surface area (Å²) in [5, 5.41) is 3.35. The molecule has 1 amide bonds. The summed E-state index contributed by atoms with van der Waals surface area (Å²) in [6, 6.07) is 9.42. The maximum Gasteiger partial charge on any atom is 0.223 e. The molecule has 1 saturated carbocycles. The van der Waals surface area contributed by atoms with Gasteiger partial charge in [0.25, 0.3) is 0 Å². The van der Waals surface area contributed by atoms with Crippen LogP contribution in [0.2, 0.25) is 0 Å². The summed E-state index contributed by atoms with van der Waals surface area (Å²) in [6.07, 6.45) is 10.7. The summed E-state index contributed by atoms with van der Waals surface area (Å²) in [5.41, 5.74) is 2.79. The fourth-order valence-corrected chi connectivity index (χ4v) is 4.23. The van der Waals surface area contributed by atoms with Crippen LogP contribution in [0.5, 0.6) is 0 Å². The van der Waals surface area contributed by atoms with Crippen LogP contribution in [0.1, 0.15) is 69.4 Å². The Balaban J connectivity index is 1.42. The number of rotatable bonds is 5. The molecule has 1 aromatic carbocycles. The Labute approximate surface area is 153 Å². The van der Waals surface area contributed by atoms with E-state index in [1.54, 1.807) is 0 Å². The number of piperidine rings is 1. The number of carbonyl (C=O) groups excluding carboxylic acids is 1. The molecule has 0 radical (unpaired) electrons. The molecular weight excluding hydrogens is 308 g/mol. The van der Waals surface area contributed by atoms with Gasteiger partial charge in [0, 0.05) is 18.5 Å². The maximum atomic E-state index is 12.6. The summed E-state index contributed by atoms with van der Waals surface area (Å²) in [5.74, 6) is 0.542. The van der Waals surface area contributed by atoms with Crippen LogP contribution in [0.3, 0.4) is 0 Å². The van der Waals surface area contributed by atoms with Gasteiger partial charge in [-0.25, -0.2) is 0 Å². The molecular formula is C22H34N2O. The number of benzene rings is 1. The van der Waals surface area contributed by atoms with Crippen LogP contribution < -0.4 is 5.32 Å². The number of nitrogens with zero attached hydrogens (tertiary/aromatic N) is 1. The van der Waals surface area contributed by atoms with Crippen molar-refractivity contribution < 1.29 is 4.79 Å². The van der Waals surface area contributed by atoms with E-state index in [0.29, 0.717) is 11.9 Å². The number of hydrogen-bond donors (Lipinski definition) is 1. The molecule has 1 saturated heterocycles. The number of hydrogen-bond acceptors (Lipinski definition) is 2. The number of nitrogens with one attached hydrogen (secondary N) is 1. The SMILES string of the molecule is CCc1ccc(CN2CCC(C(=O)NC3CCCCCC3)CC2)cc1. The molecule has 1 aromatic rings. The molecule has 0 atom stereocenters. The van der Waals surface area contributed by atoms with Crippen molar-refractivity contribution in [3.05, 3.63) is 35.4 Å². The lowest BCUT2D eigenvalue weighted by molar-refractivity contribution is -0.127. The average Bonchev–Trinajstić information content (AvgIpc) is 2.91. The smallest absolute Gasteiger partial charge is 0.223 e.